The zero-order valence-electron chi connectivity index (χ0n) is 10.8. The highest BCUT2D eigenvalue weighted by Crippen LogP contribution is 2.33. The van der Waals surface area contributed by atoms with E-state index in [0.717, 1.165) is 32.6 Å². The molecule has 3 heteroatoms. The molecule has 1 saturated heterocycles. The van der Waals surface area contributed by atoms with Crippen LogP contribution in [0.25, 0.3) is 0 Å². The molecule has 2 heterocycles. The molecule has 0 bridgehead atoms. The lowest BCUT2D eigenvalue weighted by Crippen LogP contribution is -2.44. The fraction of sp³-hybridized carbons (Fsp3) is 0.643. The van der Waals surface area contributed by atoms with Crippen molar-refractivity contribution in [2.45, 2.75) is 38.1 Å². The van der Waals surface area contributed by atoms with Gasteiger partial charge in [-0.25, -0.2) is 0 Å². The summed E-state index contributed by atoms with van der Waals surface area (Å²) in [5.41, 5.74) is 1.62. The number of ether oxygens (including phenoxy) is 1. The van der Waals surface area contributed by atoms with Crippen molar-refractivity contribution >= 4 is 0 Å². The first-order valence-corrected chi connectivity index (χ1v) is 6.45. The maximum absolute atomic E-state index is 5.51. The monoisotopic (exact) mass is 234 g/mol. The van der Waals surface area contributed by atoms with Gasteiger partial charge in [0.25, 0.3) is 0 Å². The molecular weight excluding hydrogens is 212 g/mol. The largest absolute Gasteiger partial charge is 0.381 e. The van der Waals surface area contributed by atoms with Gasteiger partial charge >= 0.3 is 0 Å². The summed E-state index contributed by atoms with van der Waals surface area (Å²) in [5, 5.41) is 3.58. The van der Waals surface area contributed by atoms with Crippen molar-refractivity contribution < 1.29 is 4.74 Å². The SMILES string of the molecule is CC(C)NCC1(c2ccncc2)CCOCC1. The van der Waals surface area contributed by atoms with Gasteiger partial charge in [-0.2, -0.15) is 0 Å². The van der Waals surface area contributed by atoms with E-state index < -0.39 is 0 Å². The molecule has 0 aromatic carbocycles. The Morgan fingerprint density at radius 2 is 1.94 bits per heavy atom. The van der Waals surface area contributed by atoms with E-state index in [1.165, 1.54) is 5.56 Å². The van der Waals surface area contributed by atoms with Crippen molar-refractivity contribution in [1.29, 1.82) is 0 Å². The Hall–Kier alpha value is -0.930. The Bertz CT molecular complexity index is 331. The van der Waals surface area contributed by atoms with Gasteiger partial charge in [-0.1, -0.05) is 13.8 Å². The van der Waals surface area contributed by atoms with Gasteiger partial charge < -0.3 is 10.1 Å². The van der Waals surface area contributed by atoms with Crippen molar-refractivity contribution in [2.75, 3.05) is 19.8 Å². The second-order valence-electron chi connectivity index (χ2n) is 5.16. The van der Waals surface area contributed by atoms with Crippen LogP contribution in [0.3, 0.4) is 0 Å². The van der Waals surface area contributed by atoms with Crippen LogP contribution in [-0.2, 0) is 10.2 Å². The van der Waals surface area contributed by atoms with Crippen LogP contribution in [0.5, 0.6) is 0 Å². The molecule has 1 aliphatic rings. The fourth-order valence-electron chi connectivity index (χ4n) is 2.43. The van der Waals surface area contributed by atoms with Crippen LogP contribution < -0.4 is 5.32 Å². The first kappa shape index (κ1) is 12.5. The minimum Gasteiger partial charge on any atom is -0.381 e. The molecule has 3 nitrogen and oxygen atoms in total. The molecule has 0 radical (unpaired) electrons. The van der Waals surface area contributed by atoms with E-state index in [0.29, 0.717) is 6.04 Å². The summed E-state index contributed by atoms with van der Waals surface area (Å²) in [4.78, 5) is 4.11. The zero-order valence-corrected chi connectivity index (χ0v) is 10.8. The number of pyridine rings is 1. The van der Waals surface area contributed by atoms with Crippen LogP contribution in [0.4, 0.5) is 0 Å². The van der Waals surface area contributed by atoms with Gasteiger partial charge in [0.1, 0.15) is 0 Å². The van der Waals surface area contributed by atoms with Gasteiger partial charge in [0.05, 0.1) is 0 Å². The number of hydrogen-bond donors (Lipinski definition) is 1. The van der Waals surface area contributed by atoms with E-state index in [9.17, 15) is 0 Å². The normalized spacial score (nSPS) is 19.5. The van der Waals surface area contributed by atoms with Gasteiger partial charge in [-0.05, 0) is 30.5 Å². The molecule has 17 heavy (non-hydrogen) atoms. The minimum atomic E-state index is 0.228. The van der Waals surface area contributed by atoms with E-state index in [-0.39, 0.29) is 5.41 Å². The van der Waals surface area contributed by atoms with Crippen LogP contribution in [0, 0.1) is 0 Å². The molecule has 0 saturated carbocycles. The van der Waals surface area contributed by atoms with Crippen molar-refractivity contribution in [2.24, 2.45) is 0 Å². The van der Waals surface area contributed by atoms with E-state index >= 15 is 0 Å². The molecule has 1 aromatic heterocycles. The smallest absolute Gasteiger partial charge is 0.0475 e. The summed E-state index contributed by atoms with van der Waals surface area (Å²) in [5.74, 6) is 0. The van der Waals surface area contributed by atoms with Crippen LogP contribution in [0.2, 0.25) is 0 Å². The molecule has 1 aromatic rings. The van der Waals surface area contributed by atoms with Crippen molar-refractivity contribution in [3.05, 3.63) is 30.1 Å². The molecule has 1 aliphatic heterocycles. The third-order valence-electron chi connectivity index (χ3n) is 3.59. The average molecular weight is 234 g/mol. The Labute approximate surface area is 104 Å². The molecular formula is C14H22N2O. The lowest BCUT2D eigenvalue weighted by atomic mass is 9.74. The van der Waals surface area contributed by atoms with Crippen molar-refractivity contribution in [3.8, 4) is 0 Å². The summed E-state index contributed by atoms with van der Waals surface area (Å²) in [6.07, 6.45) is 5.97. The lowest BCUT2D eigenvalue weighted by Gasteiger charge is -2.38. The second kappa shape index (κ2) is 5.61. The predicted molar refractivity (Wildman–Crippen MR) is 69.1 cm³/mol. The summed E-state index contributed by atoms with van der Waals surface area (Å²) in [7, 11) is 0. The highest BCUT2D eigenvalue weighted by molar-refractivity contribution is 5.24. The Balaban J connectivity index is 2.17. The predicted octanol–water partition coefficient (Wildman–Crippen LogP) is 2.13. The maximum atomic E-state index is 5.51. The molecule has 0 spiro atoms. The Kier molecular flexibility index (Phi) is 4.13. The summed E-state index contributed by atoms with van der Waals surface area (Å²) < 4.78 is 5.51. The molecule has 0 atom stereocenters. The highest BCUT2D eigenvalue weighted by atomic mass is 16.5. The molecule has 1 fully saturated rings. The topological polar surface area (TPSA) is 34.2 Å². The van der Waals surface area contributed by atoms with Crippen LogP contribution >= 0.6 is 0 Å². The number of hydrogen-bond acceptors (Lipinski definition) is 3. The van der Waals surface area contributed by atoms with Crippen molar-refractivity contribution in [1.82, 2.24) is 10.3 Å². The second-order valence-corrected chi connectivity index (χ2v) is 5.16. The van der Waals surface area contributed by atoms with Gasteiger partial charge in [-0.3, -0.25) is 4.98 Å². The number of aromatic nitrogens is 1. The van der Waals surface area contributed by atoms with Crippen LogP contribution in [-0.4, -0.2) is 30.8 Å². The summed E-state index contributed by atoms with van der Waals surface area (Å²) in [6.45, 7) is 7.14. The first-order chi connectivity index (χ1) is 8.23. The van der Waals surface area contributed by atoms with Gasteiger partial charge in [0, 0.05) is 43.6 Å². The van der Waals surface area contributed by atoms with Crippen LogP contribution in [0.15, 0.2) is 24.5 Å². The fourth-order valence-corrected chi connectivity index (χ4v) is 2.43. The van der Waals surface area contributed by atoms with E-state index in [1.807, 2.05) is 12.4 Å². The van der Waals surface area contributed by atoms with E-state index in [2.05, 4.69) is 36.3 Å². The Morgan fingerprint density at radius 3 is 2.53 bits per heavy atom. The third-order valence-corrected chi connectivity index (χ3v) is 3.59. The quantitative estimate of drug-likeness (QED) is 0.866. The molecule has 0 unspecified atom stereocenters. The molecule has 2 rings (SSSR count). The standard InChI is InChI=1S/C14H22N2O/c1-12(2)16-11-14(5-9-17-10-6-14)13-3-7-15-8-4-13/h3-4,7-8,12,16H,5-6,9-11H2,1-2H3. The van der Waals surface area contributed by atoms with E-state index in [1.54, 1.807) is 0 Å². The molecule has 0 amide bonds. The van der Waals surface area contributed by atoms with Gasteiger partial charge in [-0.15, -0.1) is 0 Å². The number of nitrogens with one attached hydrogen (secondary N) is 1. The van der Waals surface area contributed by atoms with E-state index in [4.69, 9.17) is 4.74 Å². The maximum Gasteiger partial charge on any atom is 0.0475 e. The zero-order chi connectivity index (χ0) is 12.1. The highest BCUT2D eigenvalue weighted by Gasteiger charge is 2.34. The van der Waals surface area contributed by atoms with Gasteiger partial charge in [0.2, 0.25) is 0 Å². The number of nitrogens with zero attached hydrogens (tertiary/aromatic N) is 1. The molecule has 94 valence electrons. The minimum absolute atomic E-state index is 0.228. The Morgan fingerprint density at radius 1 is 1.29 bits per heavy atom. The first-order valence-electron chi connectivity index (χ1n) is 6.45. The summed E-state index contributed by atoms with van der Waals surface area (Å²) >= 11 is 0. The molecule has 1 N–H and O–H groups in total. The van der Waals surface area contributed by atoms with Gasteiger partial charge in [0.15, 0.2) is 0 Å². The number of rotatable bonds is 4. The van der Waals surface area contributed by atoms with Crippen molar-refractivity contribution in [3.63, 3.8) is 0 Å². The lowest BCUT2D eigenvalue weighted by molar-refractivity contribution is 0.0492. The molecule has 0 aliphatic carbocycles. The third kappa shape index (κ3) is 3.05. The van der Waals surface area contributed by atoms with Crippen LogP contribution in [0.1, 0.15) is 32.3 Å². The summed E-state index contributed by atoms with van der Waals surface area (Å²) in [6, 6.07) is 4.82. The average Bonchev–Trinajstić information content (AvgIpc) is 2.39.